The number of pyridine rings is 1. The van der Waals surface area contributed by atoms with Crippen molar-refractivity contribution in [3.63, 3.8) is 0 Å². The largest absolute Gasteiger partial charge is 0.376 e. The Hall–Kier alpha value is -1.56. The Kier molecular flexibility index (Phi) is 3.98. The Morgan fingerprint density at radius 1 is 1.35 bits per heavy atom. The van der Waals surface area contributed by atoms with E-state index in [4.69, 9.17) is 22.8 Å². The van der Waals surface area contributed by atoms with Crippen LogP contribution in [-0.2, 0) is 11.3 Å². The molecule has 2 aromatic rings. The molecule has 0 aliphatic carbocycles. The van der Waals surface area contributed by atoms with Crippen LogP contribution in [0.15, 0.2) is 30.3 Å². The van der Waals surface area contributed by atoms with Crippen molar-refractivity contribution in [2.75, 3.05) is 6.61 Å². The van der Waals surface area contributed by atoms with Gasteiger partial charge >= 0.3 is 0 Å². The van der Waals surface area contributed by atoms with Gasteiger partial charge in [-0.1, -0.05) is 29.8 Å². The summed E-state index contributed by atoms with van der Waals surface area (Å²) in [4.78, 5) is 4.32. The number of fused-ring (bicyclic) bond motifs is 1. The standard InChI is InChI=1S/C14H12ClNO/c1-2-3-8-17-10-12-9-11-6-4-5-7-13(11)16-14(12)15/h1,4-7,9H,3,8,10H2. The number of hydrogen-bond donors (Lipinski definition) is 0. The first-order chi connectivity index (χ1) is 8.31. The Balaban J connectivity index is 2.17. The molecule has 3 heteroatoms. The van der Waals surface area contributed by atoms with Gasteiger partial charge in [0, 0.05) is 17.4 Å². The summed E-state index contributed by atoms with van der Waals surface area (Å²) in [6.45, 7) is 0.984. The van der Waals surface area contributed by atoms with Crippen molar-refractivity contribution in [1.29, 1.82) is 0 Å². The van der Waals surface area contributed by atoms with Gasteiger partial charge in [-0.3, -0.25) is 0 Å². The maximum Gasteiger partial charge on any atom is 0.135 e. The predicted octanol–water partition coefficient (Wildman–Crippen LogP) is 3.43. The van der Waals surface area contributed by atoms with Gasteiger partial charge in [0.15, 0.2) is 0 Å². The molecule has 17 heavy (non-hydrogen) atoms. The quantitative estimate of drug-likeness (QED) is 0.468. The summed E-state index contributed by atoms with van der Waals surface area (Å²) in [5.74, 6) is 2.52. The minimum absolute atomic E-state index is 0.443. The van der Waals surface area contributed by atoms with Crippen molar-refractivity contribution in [2.45, 2.75) is 13.0 Å². The highest BCUT2D eigenvalue weighted by atomic mass is 35.5. The predicted molar refractivity (Wildman–Crippen MR) is 69.9 cm³/mol. The highest BCUT2D eigenvalue weighted by molar-refractivity contribution is 6.30. The van der Waals surface area contributed by atoms with E-state index in [1.54, 1.807) is 0 Å². The molecule has 1 aromatic heterocycles. The van der Waals surface area contributed by atoms with Crippen molar-refractivity contribution in [1.82, 2.24) is 4.98 Å². The van der Waals surface area contributed by atoms with Crippen molar-refractivity contribution >= 4 is 22.5 Å². The number of rotatable bonds is 4. The molecule has 1 aromatic carbocycles. The summed E-state index contributed by atoms with van der Waals surface area (Å²) in [6, 6.07) is 9.85. The molecule has 0 unspecified atom stereocenters. The van der Waals surface area contributed by atoms with Gasteiger partial charge in [0.1, 0.15) is 5.15 Å². The van der Waals surface area contributed by atoms with Gasteiger partial charge in [-0.15, -0.1) is 12.3 Å². The lowest BCUT2D eigenvalue weighted by molar-refractivity contribution is 0.126. The number of ether oxygens (including phenoxy) is 1. The van der Waals surface area contributed by atoms with Crippen LogP contribution >= 0.6 is 11.6 Å². The van der Waals surface area contributed by atoms with Crippen LogP contribution in [0.25, 0.3) is 10.9 Å². The minimum Gasteiger partial charge on any atom is -0.376 e. The average molecular weight is 246 g/mol. The summed E-state index contributed by atoms with van der Waals surface area (Å²) in [5, 5.41) is 1.55. The summed E-state index contributed by atoms with van der Waals surface area (Å²) in [5.41, 5.74) is 1.78. The zero-order valence-corrected chi connectivity index (χ0v) is 10.1. The molecule has 0 atom stereocenters. The van der Waals surface area contributed by atoms with Crippen LogP contribution in [0.4, 0.5) is 0 Å². The van der Waals surface area contributed by atoms with Crippen LogP contribution in [0, 0.1) is 12.3 Å². The summed E-state index contributed by atoms with van der Waals surface area (Å²) in [7, 11) is 0. The third kappa shape index (κ3) is 2.97. The van der Waals surface area contributed by atoms with Gasteiger partial charge in [-0.25, -0.2) is 4.98 Å². The van der Waals surface area contributed by atoms with Crippen LogP contribution in [0.5, 0.6) is 0 Å². The number of benzene rings is 1. The first-order valence-electron chi connectivity index (χ1n) is 5.36. The van der Waals surface area contributed by atoms with Crippen molar-refractivity contribution in [3.8, 4) is 12.3 Å². The molecule has 86 valence electrons. The van der Waals surface area contributed by atoms with E-state index in [0.717, 1.165) is 16.5 Å². The monoisotopic (exact) mass is 245 g/mol. The summed E-state index contributed by atoms with van der Waals surface area (Å²) >= 11 is 6.08. The normalized spacial score (nSPS) is 10.4. The average Bonchev–Trinajstić information content (AvgIpc) is 2.35. The Morgan fingerprint density at radius 2 is 2.18 bits per heavy atom. The number of terminal acetylenes is 1. The topological polar surface area (TPSA) is 22.1 Å². The van der Waals surface area contributed by atoms with Gasteiger partial charge in [0.05, 0.1) is 18.7 Å². The van der Waals surface area contributed by atoms with Crippen LogP contribution in [0.1, 0.15) is 12.0 Å². The zero-order valence-electron chi connectivity index (χ0n) is 9.32. The lowest BCUT2D eigenvalue weighted by Crippen LogP contribution is -1.97. The second-order valence-electron chi connectivity index (χ2n) is 3.64. The maximum absolute atomic E-state index is 6.08. The molecule has 0 aliphatic rings. The first-order valence-corrected chi connectivity index (χ1v) is 5.74. The number of nitrogens with zero attached hydrogens (tertiary/aromatic N) is 1. The van der Waals surface area contributed by atoms with E-state index in [-0.39, 0.29) is 0 Å². The lowest BCUT2D eigenvalue weighted by Gasteiger charge is -2.06. The van der Waals surface area contributed by atoms with Gasteiger partial charge in [0.25, 0.3) is 0 Å². The van der Waals surface area contributed by atoms with Crippen LogP contribution in [-0.4, -0.2) is 11.6 Å². The molecule has 2 nitrogen and oxygen atoms in total. The molecular formula is C14H12ClNO. The number of hydrogen-bond acceptors (Lipinski definition) is 2. The van der Waals surface area contributed by atoms with Crippen molar-refractivity contribution in [3.05, 3.63) is 41.0 Å². The fraction of sp³-hybridized carbons (Fsp3) is 0.214. The van der Waals surface area contributed by atoms with Crippen LogP contribution in [0.3, 0.4) is 0 Å². The number of para-hydroxylation sites is 1. The molecule has 0 fully saturated rings. The highest BCUT2D eigenvalue weighted by Crippen LogP contribution is 2.20. The molecule has 0 amide bonds. The molecular weight excluding hydrogens is 234 g/mol. The molecule has 1 heterocycles. The molecule has 0 aliphatic heterocycles. The van der Waals surface area contributed by atoms with Gasteiger partial charge in [0.2, 0.25) is 0 Å². The van der Waals surface area contributed by atoms with E-state index in [0.29, 0.717) is 24.8 Å². The van der Waals surface area contributed by atoms with Gasteiger partial charge in [-0.05, 0) is 12.1 Å². The SMILES string of the molecule is C#CCCOCc1cc2ccccc2nc1Cl. The second-order valence-corrected chi connectivity index (χ2v) is 4.00. The lowest BCUT2D eigenvalue weighted by atomic mass is 10.2. The van der Waals surface area contributed by atoms with E-state index >= 15 is 0 Å². The Morgan fingerprint density at radius 3 is 3.00 bits per heavy atom. The van der Waals surface area contributed by atoms with E-state index in [1.807, 2.05) is 30.3 Å². The zero-order chi connectivity index (χ0) is 12.1. The van der Waals surface area contributed by atoms with E-state index in [9.17, 15) is 0 Å². The Labute approximate surface area is 106 Å². The van der Waals surface area contributed by atoms with Crippen molar-refractivity contribution in [2.24, 2.45) is 0 Å². The van der Waals surface area contributed by atoms with Crippen molar-refractivity contribution < 1.29 is 4.74 Å². The van der Waals surface area contributed by atoms with E-state index < -0.39 is 0 Å². The third-order valence-corrected chi connectivity index (χ3v) is 2.73. The van der Waals surface area contributed by atoms with Gasteiger partial charge in [-0.2, -0.15) is 0 Å². The van der Waals surface area contributed by atoms with E-state index in [2.05, 4.69) is 10.9 Å². The summed E-state index contributed by atoms with van der Waals surface area (Å²) in [6.07, 6.45) is 5.75. The smallest absolute Gasteiger partial charge is 0.135 e. The maximum atomic E-state index is 6.08. The molecule has 0 saturated carbocycles. The molecule has 0 N–H and O–H groups in total. The Bertz CT molecular complexity index is 560. The van der Waals surface area contributed by atoms with Gasteiger partial charge < -0.3 is 4.74 Å². The third-order valence-electron chi connectivity index (χ3n) is 2.40. The second kappa shape index (κ2) is 5.67. The summed E-state index contributed by atoms with van der Waals surface area (Å²) < 4.78 is 5.42. The highest BCUT2D eigenvalue weighted by Gasteiger charge is 2.04. The molecule has 0 saturated heterocycles. The number of halogens is 1. The molecule has 0 radical (unpaired) electrons. The van der Waals surface area contributed by atoms with E-state index in [1.165, 1.54) is 0 Å². The minimum atomic E-state index is 0.443. The van der Waals surface area contributed by atoms with Crippen LogP contribution < -0.4 is 0 Å². The first kappa shape index (κ1) is 11.9. The molecule has 0 spiro atoms. The molecule has 2 rings (SSSR count). The molecule has 0 bridgehead atoms. The fourth-order valence-electron chi connectivity index (χ4n) is 1.55. The number of aromatic nitrogens is 1. The van der Waals surface area contributed by atoms with Crippen LogP contribution in [0.2, 0.25) is 5.15 Å². The fourth-order valence-corrected chi connectivity index (χ4v) is 1.75.